The highest BCUT2D eigenvalue weighted by Gasteiger charge is 1.73. The molecule has 0 saturated heterocycles. The van der Waals surface area contributed by atoms with Crippen molar-refractivity contribution in [2.45, 2.75) is 6.92 Å². The molecule has 0 fully saturated rings. The van der Waals surface area contributed by atoms with E-state index in [1.54, 1.807) is 18.2 Å². The first-order valence-corrected chi connectivity index (χ1v) is 2.35. The molecule has 0 atom stereocenters. The van der Waals surface area contributed by atoms with Gasteiger partial charge in [-0.2, -0.15) is 5.10 Å². The Bertz CT molecular complexity index is 122. The summed E-state index contributed by atoms with van der Waals surface area (Å²) in [6.45, 7) is 5.30. The van der Waals surface area contributed by atoms with Crippen LogP contribution < -0.4 is 5.84 Å². The molecule has 0 saturated carbocycles. The molecule has 0 spiro atoms. The smallest absolute Gasteiger partial charge is 0.0569 e. The third-order valence-corrected chi connectivity index (χ3v) is 0.677. The molecular weight excluding hydrogens is 100 g/mol. The molecule has 8 heavy (non-hydrogen) atoms. The van der Waals surface area contributed by atoms with Crippen molar-refractivity contribution in [2.24, 2.45) is 10.9 Å². The van der Waals surface area contributed by atoms with Crippen LogP contribution in [0.1, 0.15) is 6.92 Å². The molecule has 2 heteroatoms. The van der Waals surface area contributed by atoms with E-state index in [4.69, 9.17) is 5.84 Å². The number of hydrazone groups is 1. The van der Waals surface area contributed by atoms with Gasteiger partial charge in [-0.3, -0.25) is 0 Å². The molecule has 2 nitrogen and oxygen atoms in total. The van der Waals surface area contributed by atoms with Crippen molar-refractivity contribution in [3.8, 4) is 0 Å². The summed E-state index contributed by atoms with van der Waals surface area (Å²) < 4.78 is 0. The zero-order valence-electron chi connectivity index (χ0n) is 4.96. The molecule has 0 aromatic carbocycles. The van der Waals surface area contributed by atoms with Gasteiger partial charge in [0.2, 0.25) is 0 Å². The lowest BCUT2D eigenvalue weighted by molar-refractivity contribution is 1.24. The zero-order chi connectivity index (χ0) is 6.41. The van der Waals surface area contributed by atoms with E-state index in [0.29, 0.717) is 0 Å². The summed E-state index contributed by atoms with van der Waals surface area (Å²) in [6.07, 6.45) is 5.24. The van der Waals surface area contributed by atoms with Crippen LogP contribution in [-0.2, 0) is 0 Å². The topological polar surface area (TPSA) is 38.4 Å². The maximum Gasteiger partial charge on any atom is 0.0569 e. The lowest BCUT2D eigenvalue weighted by Crippen LogP contribution is -1.89. The van der Waals surface area contributed by atoms with Gasteiger partial charge in [0, 0.05) is 0 Å². The highest BCUT2D eigenvalue weighted by molar-refractivity contribution is 5.92. The van der Waals surface area contributed by atoms with Crippen LogP contribution in [0.15, 0.2) is 29.9 Å². The number of rotatable bonds is 2. The minimum Gasteiger partial charge on any atom is -0.323 e. The molecule has 2 N–H and O–H groups in total. The standard InChI is InChI=1S/C6H10N2/c1-3-4-5-6(2)8-7/h3-5H,1,7H2,2H3/b5-4-,8-6-. The summed E-state index contributed by atoms with van der Waals surface area (Å²) in [5, 5.41) is 3.41. The molecule has 0 unspecified atom stereocenters. The molecule has 0 aliphatic carbocycles. The second-order valence-corrected chi connectivity index (χ2v) is 1.37. The molecule has 0 radical (unpaired) electrons. The Labute approximate surface area is 49.4 Å². The first-order chi connectivity index (χ1) is 3.81. The molecule has 0 aromatic rings. The number of hydrogen-bond donors (Lipinski definition) is 1. The molecule has 0 rings (SSSR count). The molecule has 0 heterocycles. The van der Waals surface area contributed by atoms with Gasteiger partial charge in [0.05, 0.1) is 5.71 Å². The highest BCUT2D eigenvalue weighted by Crippen LogP contribution is 1.76. The fraction of sp³-hybridized carbons (Fsp3) is 0.167. The Morgan fingerprint density at radius 1 is 1.75 bits per heavy atom. The predicted octanol–water partition coefficient (Wildman–Crippen LogP) is 1.06. The fourth-order valence-corrected chi connectivity index (χ4v) is 0.250. The van der Waals surface area contributed by atoms with Crippen molar-refractivity contribution in [2.75, 3.05) is 0 Å². The lowest BCUT2D eigenvalue weighted by atomic mass is 10.4. The molecule has 0 bridgehead atoms. The van der Waals surface area contributed by atoms with Crippen molar-refractivity contribution < 1.29 is 0 Å². The van der Waals surface area contributed by atoms with E-state index in [-0.39, 0.29) is 0 Å². The molecule has 0 aliphatic heterocycles. The first-order valence-electron chi connectivity index (χ1n) is 2.35. The van der Waals surface area contributed by atoms with Gasteiger partial charge < -0.3 is 5.84 Å². The second-order valence-electron chi connectivity index (χ2n) is 1.37. The van der Waals surface area contributed by atoms with E-state index in [1.165, 1.54) is 0 Å². The third kappa shape index (κ3) is 3.15. The van der Waals surface area contributed by atoms with Crippen LogP contribution in [0.5, 0.6) is 0 Å². The number of nitrogens with two attached hydrogens (primary N) is 1. The van der Waals surface area contributed by atoms with Gasteiger partial charge in [-0.05, 0) is 13.0 Å². The van der Waals surface area contributed by atoms with Crippen LogP contribution in [0, 0.1) is 0 Å². The summed E-state index contributed by atoms with van der Waals surface area (Å²) in [5.74, 6) is 4.92. The van der Waals surface area contributed by atoms with E-state index in [9.17, 15) is 0 Å². The van der Waals surface area contributed by atoms with Crippen molar-refractivity contribution in [1.82, 2.24) is 0 Å². The third-order valence-electron chi connectivity index (χ3n) is 0.677. The summed E-state index contributed by atoms with van der Waals surface area (Å²) in [7, 11) is 0. The Morgan fingerprint density at radius 2 is 2.38 bits per heavy atom. The maximum atomic E-state index is 4.92. The summed E-state index contributed by atoms with van der Waals surface area (Å²) in [6, 6.07) is 0. The van der Waals surface area contributed by atoms with Crippen LogP contribution in [-0.4, -0.2) is 5.71 Å². The second kappa shape index (κ2) is 4.12. The van der Waals surface area contributed by atoms with Gasteiger partial charge in [-0.15, -0.1) is 0 Å². The van der Waals surface area contributed by atoms with Gasteiger partial charge >= 0.3 is 0 Å². The highest BCUT2D eigenvalue weighted by atomic mass is 15.1. The van der Waals surface area contributed by atoms with Crippen molar-refractivity contribution in [1.29, 1.82) is 0 Å². The number of hydrogen-bond acceptors (Lipinski definition) is 2. The van der Waals surface area contributed by atoms with Crippen LogP contribution in [0.2, 0.25) is 0 Å². The summed E-state index contributed by atoms with van der Waals surface area (Å²) >= 11 is 0. The largest absolute Gasteiger partial charge is 0.323 e. The molecular formula is C6H10N2. The number of allylic oxidation sites excluding steroid dienone is 3. The Balaban J connectivity index is 3.69. The monoisotopic (exact) mass is 110 g/mol. The van der Waals surface area contributed by atoms with Gasteiger partial charge in [0.15, 0.2) is 0 Å². The first kappa shape index (κ1) is 6.95. The fourth-order valence-electron chi connectivity index (χ4n) is 0.250. The van der Waals surface area contributed by atoms with Gasteiger partial charge in [0.1, 0.15) is 0 Å². The molecule has 0 aliphatic rings. The van der Waals surface area contributed by atoms with E-state index >= 15 is 0 Å². The SMILES string of the molecule is C=C/C=C\C(C)=N/N. The van der Waals surface area contributed by atoms with Gasteiger partial charge in [-0.1, -0.05) is 18.7 Å². The Kier molecular flexibility index (Phi) is 3.58. The zero-order valence-corrected chi connectivity index (χ0v) is 4.96. The van der Waals surface area contributed by atoms with Crippen LogP contribution in [0.25, 0.3) is 0 Å². The average Bonchev–Trinajstić information content (AvgIpc) is 1.83. The molecule has 0 amide bonds. The van der Waals surface area contributed by atoms with E-state index in [2.05, 4.69) is 11.7 Å². The molecule has 44 valence electrons. The van der Waals surface area contributed by atoms with E-state index in [1.807, 2.05) is 6.92 Å². The lowest BCUT2D eigenvalue weighted by Gasteiger charge is -1.81. The van der Waals surface area contributed by atoms with Crippen LogP contribution in [0.3, 0.4) is 0 Å². The van der Waals surface area contributed by atoms with Crippen molar-refractivity contribution in [3.63, 3.8) is 0 Å². The van der Waals surface area contributed by atoms with E-state index < -0.39 is 0 Å². The predicted molar refractivity (Wildman–Crippen MR) is 36.6 cm³/mol. The summed E-state index contributed by atoms with van der Waals surface area (Å²) in [5.41, 5.74) is 0.796. The van der Waals surface area contributed by atoms with Crippen LogP contribution >= 0.6 is 0 Å². The minimum atomic E-state index is 0.796. The quantitative estimate of drug-likeness (QED) is 0.245. The molecule has 0 aromatic heterocycles. The normalized spacial score (nSPS) is 12.4. The summed E-state index contributed by atoms with van der Waals surface area (Å²) in [4.78, 5) is 0. The Morgan fingerprint density at radius 3 is 2.75 bits per heavy atom. The minimum absolute atomic E-state index is 0.796. The van der Waals surface area contributed by atoms with Crippen molar-refractivity contribution >= 4 is 5.71 Å². The number of nitrogens with zero attached hydrogens (tertiary/aromatic N) is 1. The Hall–Kier alpha value is -1.05. The van der Waals surface area contributed by atoms with Crippen LogP contribution in [0.4, 0.5) is 0 Å². The van der Waals surface area contributed by atoms with Gasteiger partial charge in [-0.25, -0.2) is 0 Å². The van der Waals surface area contributed by atoms with Crippen molar-refractivity contribution in [3.05, 3.63) is 24.8 Å². The van der Waals surface area contributed by atoms with E-state index in [0.717, 1.165) is 5.71 Å². The van der Waals surface area contributed by atoms with Gasteiger partial charge in [0.25, 0.3) is 0 Å². The maximum absolute atomic E-state index is 4.92. The average molecular weight is 110 g/mol.